The van der Waals surface area contributed by atoms with Crippen molar-refractivity contribution in [2.75, 3.05) is 11.5 Å². The third-order valence-corrected chi connectivity index (χ3v) is 6.09. The molecule has 0 saturated carbocycles. The lowest BCUT2D eigenvalue weighted by Crippen LogP contribution is -2.13. The minimum atomic E-state index is 0.438. The van der Waals surface area contributed by atoms with E-state index >= 15 is 0 Å². The highest BCUT2D eigenvalue weighted by Gasteiger charge is 2.22. The van der Waals surface area contributed by atoms with Gasteiger partial charge in [0.25, 0.3) is 0 Å². The van der Waals surface area contributed by atoms with Crippen LogP contribution >= 0.6 is 0 Å². The number of fused-ring (bicyclic) bond motifs is 1. The topological polar surface area (TPSA) is 0 Å². The molecule has 0 aliphatic rings. The molecular weight excluding hydrogens is 248 g/mol. The molecule has 2 aromatic carbocycles. The van der Waals surface area contributed by atoms with Crippen LogP contribution in [0.3, 0.4) is 0 Å². The molecule has 102 valence electrons. The van der Waals surface area contributed by atoms with Gasteiger partial charge in [0.1, 0.15) is 11.5 Å². The summed E-state index contributed by atoms with van der Waals surface area (Å²) in [4.78, 5) is 1.60. The van der Waals surface area contributed by atoms with Crippen LogP contribution in [0, 0.1) is 0 Å². The zero-order chi connectivity index (χ0) is 13.5. The molecule has 2 rings (SSSR count). The molecule has 0 aromatic heterocycles. The standard InChI is InChI=1S/C18H25S/c1-3-5-14-19(15-6-4-2)18-13-9-11-16-10-7-8-12-17(16)18/h7-13H,3-6,14-15H2,1-2H3/q+1. The Hall–Kier alpha value is -0.950. The van der Waals surface area contributed by atoms with Gasteiger partial charge in [0.05, 0.1) is 0 Å². The number of hydrogen-bond donors (Lipinski definition) is 0. The first kappa shape index (κ1) is 14.5. The van der Waals surface area contributed by atoms with Gasteiger partial charge in [0, 0.05) is 16.3 Å². The van der Waals surface area contributed by atoms with Gasteiger partial charge in [-0.05, 0) is 30.4 Å². The minimum absolute atomic E-state index is 0.438. The van der Waals surface area contributed by atoms with E-state index in [4.69, 9.17) is 0 Å². The SMILES string of the molecule is CCCC[S+](CCCC)c1cccc2ccccc12. The highest BCUT2D eigenvalue weighted by molar-refractivity contribution is 7.97. The molecular formula is C18H25S+. The van der Waals surface area contributed by atoms with E-state index in [0.717, 1.165) is 0 Å². The quantitative estimate of drug-likeness (QED) is 0.591. The van der Waals surface area contributed by atoms with Crippen molar-refractivity contribution in [3.63, 3.8) is 0 Å². The summed E-state index contributed by atoms with van der Waals surface area (Å²) >= 11 is 0. The van der Waals surface area contributed by atoms with Gasteiger partial charge in [0.15, 0.2) is 4.90 Å². The first-order chi connectivity index (χ1) is 9.36. The zero-order valence-electron chi connectivity index (χ0n) is 12.2. The van der Waals surface area contributed by atoms with Crippen LogP contribution in [0.5, 0.6) is 0 Å². The average Bonchev–Trinajstić information content (AvgIpc) is 2.47. The highest BCUT2D eigenvalue weighted by Crippen LogP contribution is 2.26. The maximum Gasteiger partial charge on any atom is 0.162 e. The van der Waals surface area contributed by atoms with Gasteiger partial charge >= 0.3 is 0 Å². The van der Waals surface area contributed by atoms with E-state index in [1.165, 1.54) is 48.0 Å². The molecule has 0 aliphatic carbocycles. The van der Waals surface area contributed by atoms with Gasteiger partial charge in [-0.3, -0.25) is 0 Å². The normalized spacial score (nSPS) is 11.3. The Morgan fingerprint density at radius 1 is 0.789 bits per heavy atom. The predicted octanol–water partition coefficient (Wildman–Crippen LogP) is 5.42. The number of hydrogen-bond acceptors (Lipinski definition) is 0. The van der Waals surface area contributed by atoms with Crippen LogP contribution in [0.1, 0.15) is 39.5 Å². The van der Waals surface area contributed by atoms with E-state index in [1.807, 2.05) is 0 Å². The van der Waals surface area contributed by atoms with Crippen LogP contribution in [0.2, 0.25) is 0 Å². The first-order valence-corrected chi connectivity index (χ1v) is 9.08. The third kappa shape index (κ3) is 3.76. The lowest BCUT2D eigenvalue weighted by molar-refractivity contribution is 0.871. The van der Waals surface area contributed by atoms with Crippen molar-refractivity contribution in [3.8, 4) is 0 Å². The van der Waals surface area contributed by atoms with Gasteiger partial charge in [-0.1, -0.05) is 57.0 Å². The van der Waals surface area contributed by atoms with Crippen molar-refractivity contribution in [1.29, 1.82) is 0 Å². The summed E-state index contributed by atoms with van der Waals surface area (Å²) < 4.78 is 0. The Kier molecular flexibility index (Phi) is 5.78. The molecule has 0 heterocycles. The number of benzene rings is 2. The lowest BCUT2D eigenvalue weighted by atomic mass is 10.1. The van der Waals surface area contributed by atoms with Crippen molar-refractivity contribution < 1.29 is 0 Å². The molecule has 19 heavy (non-hydrogen) atoms. The monoisotopic (exact) mass is 273 g/mol. The summed E-state index contributed by atoms with van der Waals surface area (Å²) in [5, 5.41) is 2.87. The smallest absolute Gasteiger partial charge is 0.0652 e. The Morgan fingerprint density at radius 3 is 2.11 bits per heavy atom. The molecule has 0 aliphatic heterocycles. The van der Waals surface area contributed by atoms with Crippen molar-refractivity contribution in [2.24, 2.45) is 0 Å². The Morgan fingerprint density at radius 2 is 1.42 bits per heavy atom. The molecule has 0 bridgehead atoms. The molecule has 1 heteroatoms. The summed E-state index contributed by atoms with van der Waals surface area (Å²) in [5.41, 5.74) is 0. The molecule has 0 fully saturated rings. The van der Waals surface area contributed by atoms with Gasteiger partial charge in [-0.25, -0.2) is 0 Å². The Balaban J connectivity index is 2.31. The zero-order valence-corrected chi connectivity index (χ0v) is 13.0. The summed E-state index contributed by atoms with van der Waals surface area (Å²) in [5.74, 6) is 2.73. The van der Waals surface area contributed by atoms with Crippen LogP contribution in [-0.2, 0) is 10.9 Å². The fourth-order valence-electron chi connectivity index (χ4n) is 2.41. The lowest BCUT2D eigenvalue weighted by Gasteiger charge is -2.10. The minimum Gasteiger partial charge on any atom is -0.0652 e. The van der Waals surface area contributed by atoms with Crippen molar-refractivity contribution in [2.45, 2.75) is 44.4 Å². The van der Waals surface area contributed by atoms with Crippen LogP contribution in [0.15, 0.2) is 47.4 Å². The van der Waals surface area contributed by atoms with Crippen LogP contribution in [-0.4, -0.2) is 11.5 Å². The van der Waals surface area contributed by atoms with Gasteiger partial charge in [-0.2, -0.15) is 0 Å². The van der Waals surface area contributed by atoms with Crippen LogP contribution < -0.4 is 0 Å². The van der Waals surface area contributed by atoms with E-state index in [2.05, 4.69) is 56.3 Å². The molecule has 0 amide bonds. The highest BCUT2D eigenvalue weighted by atomic mass is 32.2. The van der Waals surface area contributed by atoms with Crippen molar-refractivity contribution >= 4 is 21.7 Å². The van der Waals surface area contributed by atoms with Crippen molar-refractivity contribution in [1.82, 2.24) is 0 Å². The van der Waals surface area contributed by atoms with Crippen LogP contribution in [0.25, 0.3) is 10.8 Å². The molecule has 0 radical (unpaired) electrons. The fraction of sp³-hybridized carbons (Fsp3) is 0.444. The fourth-order valence-corrected chi connectivity index (χ4v) is 5.09. The number of rotatable bonds is 7. The van der Waals surface area contributed by atoms with E-state index < -0.39 is 0 Å². The van der Waals surface area contributed by atoms with E-state index in [-0.39, 0.29) is 0 Å². The largest absolute Gasteiger partial charge is 0.162 e. The van der Waals surface area contributed by atoms with E-state index in [1.54, 1.807) is 4.90 Å². The second-order valence-corrected chi connectivity index (χ2v) is 7.33. The Labute approximate surface area is 120 Å². The second-order valence-electron chi connectivity index (χ2n) is 5.09. The molecule has 0 nitrogen and oxygen atoms in total. The number of unbranched alkanes of at least 4 members (excludes halogenated alkanes) is 2. The molecule has 0 atom stereocenters. The van der Waals surface area contributed by atoms with Gasteiger partial charge in [0.2, 0.25) is 0 Å². The third-order valence-electron chi connectivity index (χ3n) is 3.55. The first-order valence-electron chi connectivity index (χ1n) is 7.52. The molecule has 2 aromatic rings. The second kappa shape index (κ2) is 7.59. The summed E-state index contributed by atoms with van der Waals surface area (Å²) in [6, 6.07) is 15.7. The molecule has 0 spiro atoms. The summed E-state index contributed by atoms with van der Waals surface area (Å²) in [7, 11) is 0.438. The van der Waals surface area contributed by atoms with Gasteiger partial charge in [-0.15, -0.1) is 0 Å². The van der Waals surface area contributed by atoms with Crippen molar-refractivity contribution in [3.05, 3.63) is 42.5 Å². The Bertz CT molecular complexity index is 491. The summed E-state index contributed by atoms with van der Waals surface area (Å²) in [6.45, 7) is 4.59. The van der Waals surface area contributed by atoms with Gasteiger partial charge < -0.3 is 0 Å². The summed E-state index contributed by atoms with van der Waals surface area (Å²) in [6.07, 6.45) is 5.33. The van der Waals surface area contributed by atoms with Crippen LogP contribution in [0.4, 0.5) is 0 Å². The van der Waals surface area contributed by atoms with E-state index in [0.29, 0.717) is 10.9 Å². The maximum absolute atomic E-state index is 2.36. The molecule has 0 N–H and O–H groups in total. The molecule has 0 saturated heterocycles. The molecule has 0 unspecified atom stereocenters. The van der Waals surface area contributed by atoms with E-state index in [9.17, 15) is 0 Å². The predicted molar refractivity (Wildman–Crippen MR) is 89.1 cm³/mol. The average molecular weight is 273 g/mol. The maximum atomic E-state index is 2.36.